The summed E-state index contributed by atoms with van der Waals surface area (Å²) in [6.45, 7) is 3.03. The van der Waals surface area contributed by atoms with Crippen molar-refractivity contribution >= 4 is 21.9 Å². The number of nitrogens with zero attached hydrogens (tertiary/aromatic N) is 1. The van der Waals surface area contributed by atoms with Crippen LogP contribution in [0.25, 0.3) is 0 Å². The number of aliphatic hydroxyl groups excluding tert-OH is 1. The first-order valence-corrected chi connectivity index (χ1v) is 11.4. The van der Waals surface area contributed by atoms with Crippen molar-refractivity contribution in [3.05, 3.63) is 29.3 Å². The summed E-state index contributed by atoms with van der Waals surface area (Å²) in [4.78, 5) is 24.6. The topological polar surface area (TPSA) is 113 Å². The summed E-state index contributed by atoms with van der Waals surface area (Å²) < 4.78 is 32.2. The Balaban J connectivity index is 1.67. The quantitative estimate of drug-likeness (QED) is 0.660. The third-order valence-corrected chi connectivity index (χ3v) is 7.53. The van der Waals surface area contributed by atoms with Crippen molar-refractivity contribution in [1.29, 1.82) is 0 Å². The molecule has 1 heterocycles. The highest BCUT2D eigenvalue weighted by Gasteiger charge is 2.44. The van der Waals surface area contributed by atoms with Crippen molar-refractivity contribution < 1.29 is 27.9 Å². The van der Waals surface area contributed by atoms with Crippen LogP contribution in [0.3, 0.4) is 0 Å². The molecule has 0 radical (unpaired) electrons. The van der Waals surface area contributed by atoms with Gasteiger partial charge < -0.3 is 15.2 Å². The zero-order valence-corrected chi connectivity index (χ0v) is 17.6. The molecule has 1 aromatic rings. The minimum absolute atomic E-state index is 0.0616. The molecule has 0 bridgehead atoms. The summed E-state index contributed by atoms with van der Waals surface area (Å²) in [5, 5.41) is 12.8. The Kier molecular flexibility index (Phi) is 6.60. The summed E-state index contributed by atoms with van der Waals surface area (Å²) in [5.41, 5.74) is 1.77. The Morgan fingerprint density at radius 1 is 1.21 bits per heavy atom. The van der Waals surface area contributed by atoms with Crippen LogP contribution >= 0.6 is 0 Å². The number of nitrogens with one attached hydrogen (secondary N) is 1. The lowest BCUT2D eigenvalue weighted by molar-refractivity contribution is -0.151. The summed E-state index contributed by atoms with van der Waals surface area (Å²) >= 11 is 0. The van der Waals surface area contributed by atoms with Gasteiger partial charge in [0.25, 0.3) is 5.91 Å². The zero-order chi connectivity index (χ0) is 21.2. The summed E-state index contributed by atoms with van der Waals surface area (Å²) in [7, 11) is -3.99. The molecule has 1 saturated carbocycles. The standard InChI is InChI=1S/C20H28N2O6S/c1-13-7-8-17(9-14(13)2)29(26,27)22-11-16(23)10-18(22)20(25)28-12-19(24)21-15-5-3-4-6-15/h7-9,15-16,18,23H,3-6,10-12H2,1-2H3,(H,21,24)/t16-,18-/m0/s1. The lowest BCUT2D eigenvalue weighted by Gasteiger charge is -2.23. The van der Waals surface area contributed by atoms with Crippen LogP contribution in [0.2, 0.25) is 0 Å². The second kappa shape index (κ2) is 8.81. The summed E-state index contributed by atoms with van der Waals surface area (Å²) in [6, 6.07) is 3.69. The van der Waals surface area contributed by atoms with Gasteiger partial charge in [-0.05, 0) is 49.9 Å². The van der Waals surface area contributed by atoms with Crippen molar-refractivity contribution in [2.45, 2.75) is 69.0 Å². The SMILES string of the molecule is Cc1ccc(S(=O)(=O)N2C[C@@H](O)C[C@H]2C(=O)OCC(=O)NC2CCCC2)cc1C. The van der Waals surface area contributed by atoms with E-state index in [1.54, 1.807) is 12.1 Å². The van der Waals surface area contributed by atoms with Gasteiger partial charge in [0.1, 0.15) is 6.04 Å². The predicted molar refractivity (Wildman–Crippen MR) is 106 cm³/mol. The van der Waals surface area contributed by atoms with Crippen molar-refractivity contribution in [3.8, 4) is 0 Å². The molecule has 1 amide bonds. The number of carbonyl (C=O) groups excluding carboxylic acids is 2. The number of esters is 1. The maximum atomic E-state index is 13.1. The maximum Gasteiger partial charge on any atom is 0.325 e. The van der Waals surface area contributed by atoms with E-state index in [1.807, 2.05) is 13.8 Å². The number of carbonyl (C=O) groups is 2. The molecule has 1 saturated heterocycles. The second-order valence-electron chi connectivity index (χ2n) is 7.88. The van der Waals surface area contributed by atoms with Crippen LogP contribution in [0, 0.1) is 13.8 Å². The Hall–Kier alpha value is -1.97. The molecule has 3 rings (SSSR count). The highest BCUT2D eigenvalue weighted by Crippen LogP contribution is 2.28. The van der Waals surface area contributed by atoms with Crippen LogP contribution in [0.15, 0.2) is 23.1 Å². The Morgan fingerprint density at radius 3 is 2.55 bits per heavy atom. The van der Waals surface area contributed by atoms with Gasteiger partial charge in [0.15, 0.2) is 6.61 Å². The molecule has 160 valence electrons. The molecule has 9 heteroatoms. The minimum Gasteiger partial charge on any atom is -0.454 e. The third-order valence-electron chi connectivity index (χ3n) is 5.66. The molecule has 0 spiro atoms. The molecule has 2 fully saturated rings. The van der Waals surface area contributed by atoms with E-state index >= 15 is 0 Å². The van der Waals surface area contributed by atoms with Gasteiger partial charge in [-0.2, -0.15) is 4.31 Å². The highest BCUT2D eigenvalue weighted by molar-refractivity contribution is 7.89. The van der Waals surface area contributed by atoms with Crippen LogP contribution < -0.4 is 5.32 Å². The van der Waals surface area contributed by atoms with Gasteiger partial charge in [-0.3, -0.25) is 9.59 Å². The van der Waals surface area contributed by atoms with Gasteiger partial charge in [0, 0.05) is 19.0 Å². The molecule has 0 unspecified atom stereocenters. The van der Waals surface area contributed by atoms with Gasteiger partial charge in [0.2, 0.25) is 10.0 Å². The molecule has 1 aliphatic heterocycles. The lowest BCUT2D eigenvalue weighted by Crippen LogP contribution is -2.43. The fraction of sp³-hybridized carbons (Fsp3) is 0.600. The number of ether oxygens (including phenoxy) is 1. The molecular formula is C20H28N2O6S. The number of aryl methyl sites for hydroxylation is 2. The normalized spacial score (nSPS) is 23.3. The van der Waals surface area contributed by atoms with Crippen molar-refractivity contribution in [1.82, 2.24) is 9.62 Å². The van der Waals surface area contributed by atoms with Gasteiger partial charge in [-0.25, -0.2) is 8.42 Å². The second-order valence-corrected chi connectivity index (χ2v) is 9.77. The predicted octanol–water partition coefficient (Wildman–Crippen LogP) is 1.03. The van der Waals surface area contributed by atoms with E-state index in [2.05, 4.69) is 5.32 Å². The van der Waals surface area contributed by atoms with E-state index in [1.165, 1.54) is 6.07 Å². The Labute approximate surface area is 171 Å². The van der Waals surface area contributed by atoms with Crippen LogP contribution in [-0.2, 0) is 24.3 Å². The number of sulfonamides is 1. The highest BCUT2D eigenvalue weighted by atomic mass is 32.2. The average molecular weight is 425 g/mol. The van der Waals surface area contributed by atoms with Gasteiger partial charge in [0.05, 0.1) is 11.0 Å². The average Bonchev–Trinajstić information content (AvgIpc) is 3.31. The van der Waals surface area contributed by atoms with Crippen molar-refractivity contribution in [2.75, 3.05) is 13.2 Å². The van der Waals surface area contributed by atoms with E-state index in [4.69, 9.17) is 4.74 Å². The number of amides is 1. The molecule has 2 N–H and O–H groups in total. The Bertz CT molecular complexity index is 879. The number of rotatable bonds is 6. The first kappa shape index (κ1) is 21.7. The number of hydrogen-bond donors (Lipinski definition) is 2. The van der Waals surface area contributed by atoms with E-state index < -0.39 is 40.7 Å². The largest absolute Gasteiger partial charge is 0.454 e. The van der Waals surface area contributed by atoms with Crippen molar-refractivity contribution in [3.63, 3.8) is 0 Å². The summed E-state index contributed by atoms with van der Waals surface area (Å²) in [5.74, 6) is -1.22. The Morgan fingerprint density at radius 2 is 1.90 bits per heavy atom. The molecule has 1 aromatic carbocycles. The van der Waals surface area contributed by atoms with Crippen LogP contribution in [0.4, 0.5) is 0 Å². The molecule has 2 atom stereocenters. The van der Waals surface area contributed by atoms with Crippen LogP contribution in [-0.4, -0.2) is 61.0 Å². The van der Waals surface area contributed by atoms with Gasteiger partial charge in [-0.1, -0.05) is 18.9 Å². The van der Waals surface area contributed by atoms with Gasteiger partial charge in [-0.15, -0.1) is 0 Å². The van der Waals surface area contributed by atoms with E-state index in [-0.39, 0.29) is 23.9 Å². The molecule has 29 heavy (non-hydrogen) atoms. The number of hydrogen-bond acceptors (Lipinski definition) is 6. The summed E-state index contributed by atoms with van der Waals surface area (Å²) in [6.07, 6.45) is 2.92. The van der Waals surface area contributed by atoms with E-state index in [0.29, 0.717) is 0 Å². The molecule has 2 aliphatic rings. The molecule has 1 aliphatic carbocycles. The fourth-order valence-corrected chi connectivity index (χ4v) is 5.56. The monoisotopic (exact) mass is 424 g/mol. The fourth-order valence-electron chi connectivity index (χ4n) is 3.85. The lowest BCUT2D eigenvalue weighted by atomic mass is 10.1. The number of aliphatic hydroxyl groups is 1. The molecule has 8 nitrogen and oxygen atoms in total. The van der Waals surface area contributed by atoms with E-state index in [0.717, 1.165) is 41.1 Å². The van der Waals surface area contributed by atoms with Crippen molar-refractivity contribution in [2.24, 2.45) is 0 Å². The molecule has 0 aromatic heterocycles. The van der Waals surface area contributed by atoms with Crippen LogP contribution in [0.1, 0.15) is 43.2 Å². The zero-order valence-electron chi connectivity index (χ0n) is 16.8. The van der Waals surface area contributed by atoms with Crippen LogP contribution in [0.5, 0.6) is 0 Å². The van der Waals surface area contributed by atoms with Gasteiger partial charge >= 0.3 is 5.97 Å². The number of benzene rings is 1. The third kappa shape index (κ3) is 4.96. The smallest absolute Gasteiger partial charge is 0.325 e. The minimum atomic E-state index is -3.99. The first-order chi connectivity index (χ1) is 13.7. The maximum absolute atomic E-state index is 13.1. The number of β-amino-alcohol motifs (C(OH)–C–C–N with tert-alkyl or cyclic N) is 1. The molecular weight excluding hydrogens is 396 g/mol. The van der Waals surface area contributed by atoms with E-state index in [9.17, 15) is 23.1 Å². The first-order valence-electron chi connectivity index (χ1n) is 9.91.